The number of ether oxygens (including phenoxy) is 2. The number of methoxy groups -OCH3 is 1. The summed E-state index contributed by atoms with van der Waals surface area (Å²) in [5, 5.41) is 2.11. The van der Waals surface area contributed by atoms with Crippen LogP contribution in [0.5, 0.6) is 5.75 Å². The molecule has 1 aliphatic carbocycles. The maximum absolute atomic E-state index is 12.2. The highest BCUT2D eigenvalue weighted by Gasteiger charge is 2.20. The zero-order valence-corrected chi connectivity index (χ0v) is 13.9. The van der Waals surface area contributed by atoms with Gasteiger partial charge in [0.05, 0.1) is 13.7 Å². The van der Waals surface area contributed by atoms with Gasteiger partial charge in [-0.2, -0.15) is 0 Å². The Bertz CT molecular complexity index is 699. The quantitative estimate of drug-likeness (QED) is 0.754. The van der Waals surface area contributed by atoms with Crippen LogP contribution in [0, 0.1) is 12.8 Å². The van der Waals surface area contributed by atoms with Gasteiger partial charge in [0.2, 0.25) is 0 Å². The fourth-order valence-corrected chi connectivity index (χ4v) is 3.50. The van der Waals surface area contributed by atoms with Crippen LogP contribution in [0.25, 0.3) is 10.8 Å². The largest absolute Gasteiger partial charge is 0.492 e. The third kappa shape index (κ3) is 3.34. The Hall–Kier alpha value is -2.03. The number of rotatable bonds is 4. The molecule has 122 valence electrons. The molecule has 23 heavy (non-hydrogen) atoms. The van der Waals surface area contributed by atoms with Crippen LogP contribution in [-0.2, 0) is 4.74 Å². The van der Waals surface area contributed by atoms with E-state index < -0.39 is 0 Å². The summed E-state index contributed by atoms with van der Waals surface area (Å²) in [6.45, 7) is 2.69. The molecule has 2 aromatic rings. The minimum atomic E-state index is -0.336. The van der Waals surface area contributed by atoms with Crippen molar-refractivity contribution in [2.24, 2.45) is 5.92 Å². The van der Waals surface area contributed by atoms with Gasteiger partial charge < -0.3 is 9.47 Å². The standard InChI is InChI=1S/C20H24O3/c1-14-12-18(20(21)22-2)19(17-11-7-6-10-16(14)17)23-13-15-8-4-3-5-9-15/h6-7,10-12,15H,3-5,8-9,13H2,1-2H3. The second-order valence-electron chi connectivity index (χ2n) is 6.42. The number of carbonyl (C=O) groups is 1. The van der Waals surface area contributed by atoms with E-state index in [9.17, 15) is 4.79 Å². The molecule has 0 spiro atoms. The Morgan fingerprint density at radius 1 is 1.13 bits per heavy atom. The van der Waals surface area contributed by atoms with Crippen molar-refractivity contribution in [3.05, 3.63) is 41.5 Å². The summed E-state index contributed by atoms with van der Waals surface area (Å²) in [5.41, 5.74) is 1.59. The number of aryl methyl sites for hydroxylation is 1. The van der Waals surface area contributed by atoms with Gasteiger partial charge in [0, 0.05) is 5.39 Å². The molecule has 3 heteroatoms. The van der Waals surface area contributed by atoms with Crippen LogP contribution in [0.4, 0.5) is 0 Å². The lowest BCUT2D eigenvalue weighted by molar-refractivity contribution is 0.0595. The Labute approximate surface area is 137 Å². The van der Waals surface area contributed by atoms with Crippen LogP contribution >= 0.6 is 0 Å². The van der Waals surface area contributed by atoms with E-state index in [-0.39, 0.29) is 5.97 Å². The van der Waals surface area contributed by atoms with Crippen LogP contribution in [-0.4, -0.2) is 19.7 Å². The summed E-state index contributed by atoms with van der Waals surface area (Å²) in [5.74, 6) is 0.926. The molecule has 0 aromatic heterocycles. The van der Waals surface area contributed by atoms with Gasteiger partial charge in [-0.1, -0.05) is 43.5 Å². The third-order valence-electron chi connectivity index (χ3n) is 4.80. The maximum Gasteiger partial charge on any atom is 0.341 e. The second-order valence-corrected chi connectivity index (χ2v) is 6.42. The van der Waals surface area contributed by atoms with Crippen molar-refractivity contribution in [1.82, 2.24) is 0 Å². The Morgan fingerprint density at radius 3 is 2.52 bits per heavy atom. The van der Waals surface area contributed by atoms with Crippen LogP contribution < -0.4 is 4.74 Å². The summed E-state index contributed by atoms with van der Waals surface area (Å²) < 4.78 is 11.1. The average molecular weight is 312 g/mol. The van der Waals surface area contributed by atoms with Crippen LogP contribution in [0.1, 0.15) is 48.0 Å². The average Bonchev–Trinajstić information content (AvgIpc) is 2.61. The molecule has 0 amide bonds. The Balaban J connectivity index is 1.97. The highest BCUT2D eigenvalue weighted by Crippen LogP contribution is 2.34. The molecule has 0 heterocycles. The van der Waals surface area contributed by atoms with E-state index in [2.05, 4.69) is 6.07 Å². The van der Waals surface area contributed by atoms with Crippen molar-refractivity contribution >= 4 is 16.7 Å². The lowest BCUT2D eigenvalue weighted by Crippen LogP contribution is -2.17. The molecule has 0 unspecified atom stereocenters. The molecule has 1 aliphatic rings. The first-order valence-electron chi connectivity index (χ1n) is 8.44. The first-order chi connectivity index (χ1) is 11.2. The number of benzene rings is 2. The second kappa shape index (κ2) is 7.03. The number of hydrogen-bond donors (Lipinski definition) is 0. The van der Waals surface area contributed by atoms with Crippen molar-refractivity contribution in [3.8, 4) is 5.75 Å². The van der Waals surface area contributed by atoms with Gasteiger partial charge in [0.1, 0.15) is 11.3 Å². The van der Waals surface area contributed by atoms with Gasteiger partial charge in [-0.25, -0.2) is 4.79 Å². The Kier molecular flexibility index (Phi) is 4.85. The number of carbonyl (C=O) groups excluding carboxylic acids is 1. The zero-order chi connectivity index (χ0) is 16.2. The topological polar surface area (TPSA) is 35.5 Å². The van der Waals surface area contributed by atoms with Crippen molar-refractivity contribution < 1.29 is 14.3 Å². The smallest absolute Gasteiger partial charge is 0.341 e. The fraction of sp³-hybridized carbons (Fsp3) is 0.450. The number of fused-ring (bicyclic) bond motifs is 1. The summed E-state index contributed by atoms with van der Waals surface area (Å²) >= 11 is 0. The molecular weight excluding hydrogens is 288 g/mol. The van der Waals surface area contributed by atoms with Crippen LogP contribution in [0.15, 0.2) is 30.3 Å². The van der Waals surface area contributed by atoms with Crippen molar-refractivity contribution in [1.29, 1.82) is 0 Å². The normalized spacial score (nSPS) is 15.6. The molecule has 0 radical (unpaired) electrons. The number of hydrogen-bond acceptors (Lipinski definition) is 3. The molecule has 3 nitrogen and oxygen atoms in total. The first-order valence-corrected chi connectivity index (χ1v) is 8.44. The van der Waals surface area contributed by atoms with Gasteiger partial charge in [0.15, 0.2) is 0 Å². The minimum Gasteiger partial charge on any atom is -0.492 e. The molecule has 3 rings (SSSR count). The van der Waals surface area contributed by atoms with E-state index in [1.807, 2.05) is 31.2 Å². The summed E-state index contributed by atoms with van der Waals surface area (Å²) in [6.07, 6.45) is 6.34. The molecule has 2 aromatic carbocycles. The van der Waals surface area contributed by atoms with E-state index in [0.717, 1.165) is 16.3 Å². The van der Waals surface area contributed by atoms with Gasteiger partial charge in [0.25, 0.3) is 0 Å². The molecule has 0 bridgehead atoms. The SMILES string of the molecule is COC(=O)c1cc(C)c2ccccc2c1OCC1CCCCC1. The molecule has 1 fully saturated rings. The van der Waals surface area contributed by atoms with Crippen molar-refractivity contribution in [2.75, 3.05) is 13.7 Å². The van der Waals surface area contributed by atoms with Crippen molar-refractivity contribution in [3.63, 3.8) is 0 Å². The fourth-order valence-electron chi connectivity index (χ4n) is 3.50. The molecule has 0 N–H and O–H groups in total. The monoisotopic (exact) mass is 312 g/mol. The van der Waals surface area contributed by atoms with Crippen LogP contribution in [0.2, 0.25) is 0 Å². The summed E-state index contributed by atoms with van der Waals surface area (Å²) in [7, 11) is 1.41. The minimum absolute atomic E-state index is 0.336. The van der Waals surface area contributed by atoms with Gasteiger partial charge in [-0.15, -0.1) is 0 Å². The van der Waals surface area contributed by atoms with Crippen molar-refractivity contribution in [2.45, 2.75) is 39.0 Å². The van der Waals surface area contributed by atoms with Gasteiger partial charge >= 0.3 is 5.97 Å². The summed E-state index contributed by atoms with van der Waals surface area (Å²) in [6, 6.07) is 9.96. The number of esters is 1. The van der Waals surface area contributed by atoms with E-state index in [0.29, 0.717) is 23.8 Å². The zero-order valence-electron chi connectivity index (χ0n) is 13.9. The molecule has 0 saturated heterocycles. The van der Waals surface area contributed by atoms with Gasteiger partial charge in [-0.3, -0.25) is 0 Å². The first kappa shape index (κ1) is 15.9. The lowest BCUT2D eigenvalue weighted by atomic mass is 9.90. The predicted molar refractivity (Wildman–Crippen MR) is 92.1 cm³/mol. The van der Waals surface area contributed by atoms with Crippen LogP contribution in [0.3, 0.4) is 0 Å². The van der Waals surface area contributed by atoms with Gasteiger partial charge in [-0.05, 0) is 42.7 Å². The molecule has 1 saturated carbocycles. The van der Waals surface area contributed by atoms with E-state index in [1.54, 1.807) is 0 Å². The molecule has 0 aliphatic heterocycles. The Morgan fingerprint density at radius 2 is 1.83 bits per heavy atom. The maximum atomic E-state index is 12.2. The van der Waals surface area contributed by atoms with E-state index in [4.69, 9.17) is 9.47 Å². The van der Waals surface area contributed by atoms with E-state index >= 15 is 0 Å². The molecular formula is C20H24O3. The highest BCUT2D eigenvalue weighted by molar-refractivity contribution is 6.02. The van der Waals surface area contributed by atoms with E-state index in [1.165, 1.54) is 39.2 Å². The highest BCUT2D eigenvalue weighted by atomic mass is 16.5. The third-order valence-corrected chi connectivity index (χ3v) is 4.80. The summed E-state index contributed by atoms with van der Waals surface area (Å²) in [4.78, 5) is 12.2. The lowest BCUT2D eigenvalue weighted by Gasteiger charge is -2.23. The predicted octanol–water partition coefficient (Wildman–Crippen LogP) is 4.89. The molecule has 0 atom stereocenters.